The molecule has 0 radical (unpaired) electrons. The summed E-state index contributed by atoms with van der Waals surface area (Å²) >= 11 is 0. The predicted octanol–water partition coefficient (Wildman–Crippen LogP) is 4.04. The molecule has 1 N–H and O–H groups in total. The van der Waals surface area contributed by atoms with Crippen molar-refractivity contribution in [2.24, 2.45) is 0 Å². The van der Waals surface area contributed by atoms with Crippen molar-refractivity contribution in [3.8, 4) is 0 Å². The van der Waals surface area contributed by atoms with E-state index >= 15 is 0 Å². The fraction of sp³-hybridized carbons (Fsp3) is 0.571. The van der Waals surface area contributed by atoms with Crippen LogP contribution in [0.3, 0.4) is 0 Å². The molecule has 1 atom stereocenters. The SMILES string of the molecule is CC[C@@H](c1cc(C(F)(F)F)ccc1F)N1CCNCC1.Cl.Cl. The van der Waals surface area contributed by atoms with Crippen LogP contribution in [0.15, 0.2) is 18.2 Å². The zero-order chi connectivity index (χ0) is 14.8. The van der Waals surface area contributed by atoms with Gasteiger partial charge in [0.15, 0.2) is 0 Å². The van der Waals surface area contributed by atoms with Gasteiger partial charge in [-0.2, -0.15) is 13.2 Å². The van der Waals surface area contributed by atoms with E-state index in [4.69, 9.17) is 0 Å². The highest BCUT2D eigenvalue weighted by Crippen LogP contribution is 2.34. The van der Waals surface area contributed by atoms with E-state index in [-0.39, 0.29) is 36.4 Å². The Morgan fingerprint density at radius 3 is 2.27 bits per heavy atom. The summed E-state index contributed by atoms with van der Waals surface area (Å²) in [5.41, 5.74) is -0.647. The summed E-state index contributed by atoms with van der Waals surface area (Å²) in [5, 5.41) is 3.18. The fourth-order valence-electron chi connectivity index (χ4n) is 2.64. The molecule has 0 saturated carbocycles. The molecule has 1 aromatic carbocycles. The number of hydrogen-bond acceptors (Lipinski definition) is 2. The van der Waals surface area contributed by atoms with Crippen LogP contribution in [0.25, 0.3) is 0 Å². The standard InChI is InChI=1S/C14H18F4N2.2ClH/c1-2-13(20-7-5-19-6-8-20)11-9-10(14(16,17)18)3-4-12(11)15;;/h3-4,9,13,19H,2,5-8H2,1H3;2*1H/t13-;;/m0../s1. The van der Waals surface area contributed by atoms with E-state index in [1.807, 2.05) is 11.8 Å². The van der Waals surface area contributed by atoms with E-state index in [1.165, 1.54) is 0 Å². The molecule has 1 aromatic rings. The lowest BCUT2D eigenvalue weighted by Crippen LogP contribution is -2.45. The molecule has 2 nitrogen and oxygen atoms in total. The summed E-state index contributed by atoms with van der Waals surface area (Å²) < 4.78 is 52.2. The van der Waals surface area contributed by atoms with Crippen molar-refractivity contribution >= 4 is 24.8 Å². The number of benzene rings is 1. The van der Waals surface area contributed by atoms with Crippen LogP contribution >= 0.6 is 24.8 Å². The minimum Gasteiger partial charge on any atom is -0.314 e. The summed E-state index contributed by atoms with van der Waals surface area (Å²) in [5.74, 6) is -0.566. The molecule has 1 aliphatic heterocycles. The van der Waals surface area contributed by atoms with Crippen LogP contribution in [0.1, 0.15) is 30.5 Å². The summed E-state index contributed by atoms with van der Waals surface area (Å²) in [6.45, 7) is 4.85. The Morgan fingerprint density at radius 2 is 1.77 bits per heavy atom. The third-order valence-electron chi connectivity index (χ3n) is 3.66. The normalized spacial score (nSPS) is 17.3. The van der Waals surface area contributed by atoms with E-state index in [0.717, 1.165) is 31.3 Å². The Bertz CT molecular complexity index is 463. The average Bonchev–Trinajstić information content (AvgIpc) is 2.41. The molecule has 1 fully saturated rings. The minimum atomic E-state index is -4.44. The molecule has 1 saturated heterocycles. The third-order valence-corrected chi connectivity index (χ3v) is 3.66. The maximum atomic E-state index is 13.9. The molecule has 1 aliphatic rings. The van der Waals surface area contributed by atoms with Crippen molar-refractivity contribution in [2.75, 3.05) is 26.2 Å². The van der Waals surface area contributed by atoms with Crippen LogP contribution < -0.4 is 5.32 Å². The van der Waals surface area contributed by atoms with Crippen LogP contribution in [0, 0.1) is 5.82 Å². The Hall–Kier alpha value is -0.560. The molecule has 0 amide bonds. The highest BCUT2D eigenvalue weighted by molar-refractivity contribution is 5.85. The molecule has 0 aromatic heterocycles. The first kappa shape index (κ1) is 21.4. The molecular weight excluding hydrogens is 343 g/mol. The topological polar surface area (TPSA) is 15.3 Å². The lowest BCUT2D eigenvalue weighted by atomic mass is 9.99. The molecule has 1 heterocycles. The fourth-order valence-corrected chi connectivity index (χ4v) is 2.64. The van der Waals surface area contributed by atoms with Crippen LogP contribution in [0.4, 0.5) is 17.6 Å². The summed E-state index contributed by atoms with van der Waals surface area (Å²) in [7, 11) is 0. The highest BCUT2D eigenvalue weighted by atomic mass is 35.5. The predicted molar refractivity (Wildman–Crippen MR) is 83.4 cm³/mol. The zero-order valence-electron chi connectivity index (χ0n) is 12.1. The second-order valence-electron chi connectivity index (χ2n) is 4.94. The van der Waals surface area contributed by atoms with Gasteiger partial charge in [-0.05, 0) is 24.6 Å². The third kappa shape index (κ3) is 4.98. The molecule has 128 valence electrons. The van der Waals surface area contributed by atoms with E-state index in [0.29, 0.717) is 19.5 Å². The van der Waals surface area contributed by atoms with Gasteiger partial charge in [-0.3, -0.25) is 4.90 Å². The quantitative estimate of drug-likeness (QED) is 0.816. The van der Waals surface area contributed by atoms with Gasteiger partial charge < -0.3 is 5.32 Å². The number of nitrogens with zero attached hydrogens (tertiary/aromatic N) is 1. The lowest BCUT2D eigenvalue weighted by Gasteiger charge is -2.35. The van der Waals surface area contributed by atoms with Crippen molar-refractivity contribution in [3.05, 3.63) is 35.1 Å². The summed E-state index contributed by atoms with van der Waals surface area (Å²) in [4.78, 5) is 2.04. The van der Waals surface area contributed by atoms with E-state index in [9.17, 15) is 17.6 Å². The van der Waals surface area contributed by atoms with Crippen molar-refractivity contribution in [2.45, 2.75) is 25.6 Å². The zero-order valence-corrected chi connectivity index (χ0v) is 13.8. The highest BCUT2D eigenvalue weighted by Gasteiger charge is 2.32. The smallest absolute Gasteiger partial charge is 0.314 e. The molecule has 22 heavy (non-hydrogen) atoms. The van der Waals surface area contributed by atoms with Gasteiger partial charge in [-0.1, -0.05) is 6.92 Å². The Balaban J connectivity index is 0.00000220. The van der Waals surface area contributed by atoms with Gasteiger partial charge in [0.25, 0.3) is 0 Å². The molecule has 0 spiro atoms. The maximum Gasteiger partial charge on any atom is 0.416 e. The number of nitrogens with one attached hydrogen (secondary N) is 1. The Morgan fingerprint density at radius 1 is 1.18 bits per heavy atom. The molecular formula is C14H20Cl2F4N2. The number of alkyl halides is 3. The Kier molecular flexibility index (Phi) is 8.69. The first-order chi connectivity index (χ1) is 9.43. The van der Waals surface area contributed by atoms with Crippen LogP contribution in [0.2, 0.25) is 0 Å². The van der Waals surface area contributed by atoms with Gasteiger partial charge in [-0.15, -0.1) is 24.8 Å². The second-order valence-corrected chi connectivity index (χ2v) is 4.94. The van der Waals surface area contributed by atoms with Gasteiger partial charge in [0.1, 0.15) is 5.82 Å². The molecule has 2 rings (SSSR count). The summed E-state index contributed by atoms with van der Waals surface area (Å²) in [6, 6.07) is 2.36. The van der Waals surface area contributed by atoms with E-state index in [2.05, 4.69) is 5.32 Å². The van der Waals surface area contributed by atoms with Crippen molar-refractivity contribution in [3.63, 3.8) is 0 Å². The van der Waals surface area contributed by atoms with Crippen LogP contribution in [0.5, 0.6) is 0 Å². The van der Waals surface area contributed by atoms with Gasteiger partial charge in [0.05, 0.1) is 5.56 Å². The number of hydrogen-bond donors (Lipinski definition) is 1. The lowest BCUT2D eigenvalue weighted by molar-refractivity contribution is -0.137. The van der Waals surface area contributed by atoms with E-state index in [1.54, 1.807) is 0 Å². The molecule has 0 aliphatic carbocycles. The monoisotopic (exact) mass is 362 g/mol. The van der Waals surface area contributed by atoms with Gasteiger partial charge in [0.2, 0.25) is 0 Å². The average molecular weight is 363 g/mol. The maximum absolute atomic E-state index is 13.9. The molecule has 0 bridgehead atoms. The van der Waals surface area contributed by atoms with Crippen molar-refractivity contribution < 1.29 is 17.6 Å². The second kappa shape index (κ2) is 8.91. The van der Waals surface area contributed by atoms with Gasteiger partial charge in [-0.25, -0.2) is 4.39 Å². The number of rotatable bonds is 3. The number of piperazine rings is 1. The van der Waals surface area contributed by atoms with Crippen LogP contribution in [-0.2, 0) is 6.18 Å². The molecule has 0 unspecified atom stereocenters. The van der Waals surface area contributed by atoms with Crippen molar-refractivity contribution in [1.29, 1.82) is 0 Å². The van der Waals surface area contributed by atoms with Crippen LogP contribution in [-0.4, -0.2) is 31.1 Å². The number of halogens is 6. The minimum absolute atomic E-state index is 0. The van der Waals surface area contributed by atoms with E-state index < -0.39 is 17.6 Å². The molecule has 8 heteroatoms. The Labute approximate surface area is 140 Å². The van der Waals surface area contributed by atoms with Gasteiger partial charge in [0, 0.05) is 37.8 Å². The van der Waals surface area contributed by atoms with Crippen molar-refractivity contribution in [1.82, 2.24) is 10.2 Å². The first-order valence-corrected chi connectivity index (χ1v) is 6.75. The first-order valence-electron chi connectivity index (χ1n) is 6.75. The largest absolute Gasteiger partial charge is 0.416 e. The summed E-state index contributed by atoms with van der Waals surface area (Å²) in [6.07, 6.45) is -3.86. The van der Waals surface area contributed by atoms with Gasteiger partial charge >= 0.3 is 6.18 Å².